The minimum absolute atomic E-state index is 0.0121. The van der Waals surface area contributed by atoms with Crippen molar-refractivity contribution >= 4 is 11.8 Å². The molecule has 0 unspecified atom stereocenters. The molecule has 1 heterocycles. The van der Waals surface area contributed by atoms with Gasteiger partial charge in [-0.2, -0.15) is 10.2 Å². The number of nitrogens with two attached hydrogens (primary N) is 2. The van der Waals surface area contributed by atoms with Crippen molar-refractivity contribution < 1.29 is 4.74 Å². The Labute approximate surface area is 209 Å². The van der Waals surface area contributed by atoms with E-state index in [0.717, 1.165) is 16.7 Å². The number of nitrogen functional groups attached to an aromatic ring is 2. The molecule has 36 heavy (non-hydrogen) atoms. The lowest BCUT2D eigenvalue weighted by atomic mass is 9.80. The summed E-state index contributed by atoms with van der Waals surface area (Å²) in [6.45, 7) is 0. The van der Waals surface area contributed by atoms with Gasteiger partial charge in [0.25, 0.3) is 0 Å². The van der Waals surface area contributed by atoms with Gasteiger partial charge in [0.15, 0.2) is 5.60 Å². The number of nitriles is 1. The van der Waals surface area contributed by atoms with Gasteiger partial charge in [-0.3, -0.25) is 0 Å². The van der Waals surface area contributed by atoms with Crippen molar-refractivity contribution in [2.24, 2.45) is 0 Å². The summed E-state index contributed by atoms with van der Waals surface area (Å²) in [5.74, 6) is 0.707. The summed E-state index contributed by atoms with van der Waals surface area (Å²) in [6, 6.07) is 39.9. The lowest BCUT2D eigenvalue weighted by molar-refractivity contribution is 0.155. The summed E-state index contributed by atoms with van der Waals surface area (Å²) in [4.78, 5) is 8.14. The number of anilines is 2. The van der Waals surface area contributed by atoms with Gasteiger partial charge in [0.1, 0.15) is 23.2 Å². The molecular weight excluding hydrogens is 446 g/mol. The molecular formula is C30H23N5O. The summed E-state index contributed by atoms with van der Waals surface area (Å²) in [5.41, 5.74) is 15.0. The molecule has 6 nitrogen and oxygen atoms in total. The first-order valence-corrected chi connectivity index (χ1v) is 11.4. The average Bonchev–Trinajstić information content (AvgIpc) is 2.93. The van der Waals surface area contributed by atoms with Crippen molar-refractivity contribution in [3.8, 4) is 23.1 Å². The number of ether oxygens (including phenoxy) is 1. The van der Waals surface area contributed by atoms with E-state index in [1.807, 2.05) is 78.9 Å². The van der Waals surface area contributed by atoms with Crippen LogP contribution in [0.2, 0.25) is 0 Å². The van der Waals surface area contributed by atoms with E-state index in [9.17, 15) is 5.26 Å². The van der Waals surface area contributed by atoms with Crippen LogP contribution in [0.4, 0.5) is 11.8 Å². The second kappa shape index (κ2) is 9.61. The van der Waals surface area contributed by atoms with E-state index < -0.39 is 5.60 Å². The zero-order valence-electron chi connectivity index (χ0n) is 19.4. The first-order chi connectivity index (χ1) is 17.6. The maximum absolute atomic E-state index is 9.56. The molecule has 5 aromatic rings. The van der Waals surface area contributed by atoms with Crippen LogP contribution in [-0.2, 0) is 5.60 Å². The first kappa shape index (κ1) is 22.6. The van der Waals surface area contributed by atoms with Crippen molar-refractivity contribution in [3.63, 3.8) is 0 Å². The molecule has 0 spiro atoms. The smallest absolute Gasteiger partial charge is 0.222 e. The summed E-state index contributed by atoms with van der Waals surface area (Å²) >= 11 is 0. The van der Waals surface area contributed by atoms with Gasteiger partial charge >= 0.3 is 0 Å². The number of rotatable bonds is 6. The standard InChI is InChI=1S/C30H23N5O/c31-20-26-27(34-29(33)35-28(26)32)21-16-18-25(19-17-21)36-30(22-10-4-1-5-11-22,23-12-6-2-7-13-23)24-14-8-3-9-15-24/h1-19H,(H4,32,33,34,35). The molecule has 0 saturated heterocycles. The fourth-order valence-electron chi connectivity index (χ4n) is 4.37. The van der Waals surface area contributed by atoms with Crippen LogP contribution < -0.4 is 16.2 Å². The van der Waals surface area contributed by atoms with Gasteiger partial charge in [0.2, 0.25) is 5.95 Å². The zero-order valence-corrected chi connectivity index (χ0v) is 19.4. The summed E-state index contributed by atoms with van der Waals surface area (Å²) in [7, 11) is 0. The van der Waals surface area contributed by atoms with Crippen LogP contribution in [-0.4, -0.2) is 9.97 Å². The van der Waals surface area contributed by atoms with Gasteiger partial charge in [-0.1, -0.05) is 91.0 Å². The predicted molar refractivity (Wildman–Crippen MR) is 141 cm³/mol. The largest absolute Gasteiger partial charge is 0.473 e. The number of nitrogens with zero attached hydrogens (tertiary/aromatic N) is 3. The Hall–Kier alpha value is -5.15. The van der Waals surface area contributed by atoms with Crippen molar-refractivity contribution in [1.82, 2.24) is 9.97 Å². The third-order valence-electron chi connectivity index (χ3n) is 6.01. The number of hydrogen-bond donors (Lipinski definition) is 2. The number of hydrogen-bond acceptors (Lipinski definition) is 6. The van der Waals surface area contributed by atoms with E-state index in [2.05, 4.69) is 52.4 Å². The predicted octanol–water partition coefficient (Wildman–Crippen LogP) is 5.55. The zero-order chi connectivity index (χ0) is 25.0. The molecule has 0 atom stereocenters. The maximum atomic E-state index is 9.56. The summed E-state index contributed by atoms with van der Waals surface area (Å²) in [5, 5.41) is 9.56. The van der Waals surface area contributed by atoms with Gasteiger partial charge in [-0.15, -0.1) is 0 Å². The van der Waals surface area contributed by atoms with Gasteiger partial charge in [-0.05, 0) is 24.3 Å². The first-order valence-electron chi connectivity index (χ1n) is 11.4. The highest BCUT2D eigenvalue weighted by Crippen LogP contribution is 2.41. The average molecular weight is 470 g/mol. The molecule has 4 N–H and O–H groups in total. The van der Waals surface area contributed by atoms with E-state index in [1.165, 1.54) is 0 Å². The molecule has 5 rings (SSSR count). The molecule has 0 radical (unpaired) electrons. The quantitative estimate of drug-likeness (QED) is 0.315. The highest BCUT2D eigenvalue weighted by molar-refractivity contribution is 5.73. The normalized spacial score (nSPS) is 11.0. The van der Waals surface area contributed by atoms with Crippen LogP contribution in [0, 0.1) is 11.3 Å². The topological polar surface area (TPSA) is 111 Å². The second-order valence-corrected chi connectivity index (χ2v) is 8.21. The van der Waals surface area contributed by atoms with Gasteiger partial charge in [0, 0.05) is 22.3 Å². The lowest BCUT2D eigenvalue weighted by Gasteiger charge is -2.36. The molecule has 6 heteroatoms. The van der Waals surface area contributed by atoms with Crippen LogP contribution in [0.25, 0.3) is 11.3 Å². The van der Waals surface area contributed by atoms with Crippen molar-refractivity contribution in [2.45, 2.75) is 5.60 Å². The molecule has 174 valence electrons. The lowest BCUT2D eigenvalue weighted by Crippen LogP contribution is -2.36. The van der Waals surface area contributed by atoms with Crippen molar-refractivity contribution in [2.75, 3.05) is 11.5 Å². The number of aromatic nitrogens is 2. The second-order valence-electron chi connectivity index (χ2n) is 8.21. The monoisotopic (exact) mass is 469 g/mol. The minimum Gasteiger partial charge on any atom is -0.473 e. The Morgan fingerprint density at radius 2 is 1.11 bits per heavy atom. The van der Waals surface area contributed by atoms with E-state index >= 15 is 0 Å². The number of benzene rings is 4. The Morgan fingerprint density at radius 3 is 1.56 bits per heavy atom. The molecule has 0 saturated carbocycles. The fraction of sp³-hybridized carbons (Fsp3) is 0.0333. The SMILES string of the molecule is N#Cc1c(N)nc(N)nc1-c1ccc(OC(c2ccccc2)(c2ccccc2)c2ccccc2)cc1. The van der Waals surface area contributed by atoms with Crippen molar-refractivity contribution in [3.05, 3.63) is 138 Å². The minimum atomic E-state index is -0.896. The fourth-order valence-corrected chi connectivity index (χ4v) is 4.37. The van der Waals surface area contributed by atoms with Crippen molar-refractivity contribution in [1.29, 1.82) is 5.26 Å². The molecule has 0 aliphatic rings. The Balaban J connectivity index is 1.65. The van der Waals surface area contributed by atoms with Gasteiger partial charge in [0.05, 0.1) is 5.69 Å². The van der Waals surface area contributed by atoms with Crippen LogP contribution in [0.15, 0.2) is 115 Å². The third kappa shape index (κ3) is 4.10. The van der Waals surface area contributed by atoms with Gasteiger partial charge < -0.3 is 16.2 Å². The molecule has 0 fully saturated rings. The highest BCUT2D eigenvalue weighted by atomic mass is 16.5. The molecule has 0 aliphatic heterocycles. The summed E-state index contributed by atoms with van der Waals surface area (Å²) < 4.78 is 6.91. The summed E-state index contributed by atoms with van der Waals surface area (Å²) in [6.07, 6.45) is 0. The molecule has 1 aromatic heterocycles. The third-order valence-corrected chi connectivity index (χ3v) is 6.01. The van der Waals surface area contributed by atoms with E-state index in [4.69, 9.17) is 16.2 Å². The van der Waals surface area contributed by atoms with Crippen LogP contribution >= 0.6 is 0 Å². The Morgan fingerprint density at radius 1 is 0.639 bits per heavy atom. The van der Waals surface area contributed by atoms with E-state index in [-0.39, 0.29) is 17.3 Å². The van der Waals surface area contributed by atoms with E-state index in [0.29, 0.717) is 17.0 Å². The molecule has 0 amide bonds. The Bertz CT molecular complexity index is 1420. The Kier molecular flexibility index (Phi) is 6.04. The van der Waals surface area contributed by atoms with Crippen LogP contribution in [0.3, 0.4) is 0 Å². The highest BCUT2D eigenvalue weighted by Gasteiger charge is 2.38. The van der Waals surface area contributed by atoms with E-state index in [1.54, 1.807) is 0 Å². The molecule has 4 aromatic carbocycles. The van der Waals surface area contributed by atoms with Crippen LogP contribution in [0.5, 0.6) is 5.75 Å². The van der Waals surface area contributed by atoms with Crippen LogP contribution in [0.1, 0.15) is 22.3 Å². The maximum Gasteiger partial charge on any atom is 0.222 e. The van der Waals surface area contributed by atoms with Gasteiger partial charge in [-0.25, -0.2) is 4.98 Å². The molecule has 0 aliphatic carbocycles. The molecule has 0 bridgehead atoms.